The molecule has 0 bridgehead atoms. The molecule has 2 rings (SSSR count). The Balaban J connectivity index is 2.07. The number of hydrogen-bond donors (Lipinski definition) is 6. The lowest BCUT2D eigenvalue weighted by Crippen LogP contribution is -2.60. The summed E-state index contributed by atoms with van der Waals surface area (Å²) in [5.74, 6) is -1.88. The van der Waals surface area contributed by atoms with Gasteiger partial charge >= 0.3 is 13.1 Å². The Morgan fingerprint density at radius 1 is 1.38 bits per heavy atom. The van der Waals surface area contributed by atoms with Crippen molar-refractivity contribution in [3.8, 4) is 11.5 Å². The lowest BCUT2D eigenvalue weighted by atomic mass is 9.82. The zero-order valence-electron chi connectivity index (χ0n) is 13.9. The SMILES string of the molecule is N[C@H](CS)C(=O)N1CC(Oc2ccc(CCB(O)O)c(O)c2C(=O)O)C1. The molecule has 1 aromatic rings. The summed E-state index contributed by atoms with van der Waals surface area (Å²) in [4.78, 5) is 24.9. The molecule has 1 amide bonds. The summed E-state index contributed by atoms with van der Waals surface area (Å²) < 4.78 is 5.60. The van der Waals surface area contributed by atoms with Gasteiger partial charge in [0, 0.05) is 5.75 Å². The van der Waals surface area contributed by atoms with E-state index in [4.69, 9.17) is 20.5 Å². The van der Waals surface area contributed by atoms with Crippen molar-refractivity contribution in [2.24, 2.45) is 5.73 Å². The van der Waals surface area contributed by atoms with Crippen molar-refractivity contribution in [3.05, 3.63) is 23.3 Å². The first-order chi connectivity index (χ1) is 12.2. The van der Waals surface area contributed by atoms with Gasteiger partial charge < -0.3 is 35.6 Å². The van der Waals surface area contributed by atoms with Gasteiger partial charge in [0.15, 0.2) is 0 Å². The zero-order valence-corrected chi connectivity index (χ0v) is 14.8. The molecule has 0 unspecified atom stereocenters. The maximum Gasteiger partial charge on any atom is 0.451 e. The number of carboxylic acids is 1. The van der Waals surface area contributed by atoms with Crippen LogP contribution in [0.5, 0.6) is 11.5 Å². The predicted octanol–water partition coefficient (Wildman–Crippen LogP) is -1.05. The molecule has 1 aliphatic heterocycles. The van der Waals surface area contributed by atoms with Gasteiger partial charge in [-0.2, -0.15) is 12.6 Å². The van der Waals surface area contributed by atoms with E-state index in [9.17, 15) is 19.8 Å². The highest BCUT2D eigenvalue weighted by Gasteiger charge is 2.35. The normalized spacial score (nSPS) is 15.3. The maximum atomic E-state index is 11.9. The highest BCUT2D eigenvalue weighted by atomic mass is 32.1. The number of nitrogens with zero attached hydrogens (tertiary/aromatic N) is 1. The van der Waals surface area contributed by atoms with E-state index >= 15 is 0 Å². The van der Waals surface area contributed by atoms with Crippen molar-refractivity contribution in [1.29, 1.82) is 0 Å². The van der Waals surface area contributed by atoms with Crippen LogP contribution in [-0.2, 0) is 11.2 Å². The lowest BCUT2D eigenvalue weighted by Gasteiger charge is -2.40. The van der Waals surface area contributed by atoms with Gasteiger partial charge in [0.05, 0.1) is 19.1 Å². The monoisotopic (exact) mass is 384 g/mol. The fourth-order valence-corrected chi connectivity index (χ4v) is 2.75. The summed E-state index contributed by atoms with van der Waals surface area (Å²) in [6.45, 7) is 0.525. The van der Waals surface area contributed by atoms with E-state index in [0.717, 1.165) is 0 Å². The molecule has 1 atom stereocenters. The van der Waals surface area contributed by atoms with Gasteiger partial charge in [-0.3, -0.25) is 4.79 Å². The number of phenols is 1. The second-order valence-electron chi connectivity index (χ2n) is 6.04. The number of carboxylic acid groups (broad SMARTS) is 1. The smallest absolute Gasteiger partial charge is 0.451 e. The molecule has 1 heterocycles. The van der Waals surface area contributed by atoms with Gasteiger partial charge in [-0.1, -0.05) is 6.07 Å². The van der Waals surface area contributed by atoms with Crippen LogP contribution in [0.25, 0.3) is 0 Å². The van der Waals surface area contributed by atoms with Crippen molar-refractivity contribution >= 4 is 31.6 Å². The van der Waals surface area contributed by atoms with Crippen LogP contribution in [0.15, 0.2) is 12.1 Å². The third kappa shape index (κ3) is 4.61. The Kier molecular flexibility index (Phi) is 6.76. The Bertz CT molecular complexity index is 682. The maximum absolute atomic E-state index is 11.9. The lowest BCUT2D eigenvalue weighted by molar-refractivity contribution is -0.140. The van der Waals surface area contributed by atoms with Crippen LogP contribution in [-0.4, -0.2) is 75.1 Å². The standard InChI is InChI=1S/C15H21BN2O7S/c17-10(7-26)14(20)18-5-9(6-18)25-11-2-1-8(3-4-16(23)24)13(19)12(11)15(21)22/h1-2,9-10,19,23-24,26H,3-7,17H2,(H,21,22)/t10-/m1/s1. The third-order valence-corrected chi connectivity index (χ3v) is 4.47. The molecule has 0 aliphatic carbocycles. The van der Waals surface area contributed by atoms with E-state index in [-0.39, 0.29) is 48.8 Å². The molecule has 1 aliphatic rings. The average Bonchev–Trinajstić information content (AvgIpc) is 2.54. The van der Waals surface area contributed by atoms with Crippen LogP contribution in [0.3, 0.4) is 0 Å². The first-order valence-corrected chi connectivity index (χ1v) is 8.64. The quantitative estimate of drug-likeness (QED) is 0.245. The number of aromatic hydroxyl groups is 1. The van der Waals surface area contributed by atoms with Crippen molar-refractivity contribution in [1.82, 2.24) is 4.90 Å². The van der Waals surface area contributed by atoms with Crippen molar-refractivity contribution in [3.63, 3.8) is 0 Å². The number of ether oxygens (including phenoxy) is 1. The summed E-state index contributed by atoms with van der Waals surface area (Å²) in [6.07, 6.45) is -0.358. The van der Waals surface area contributed by atoms with Gasteiger partial charge in [-0.05, 0) is 24.4 Å². The molecule has 142 valence electrons. The molecule has 1 fully saturated rings. The number of likely N-dealkylation sites (tertiary alicyclic amines) is 1. The van der Waals surface area contributed by atoms with Crippen LogP contribution in [0, 0.1) is 0 Å². The highest BCUT2D eigenvalue weighted by Crippen LogP contribution is 2.34. The molecule has 1 saturated heterocycles. The minimum atomic E-state index is -1.55. The number of rotatable bonds is 8. The highest BCUT2D eigenvalue weighted by molar-refractivity contribution is 7.80. The van der Waals surface area contributed by atoms with Crippen LogP contribution < -0.4 is 10.5 Å². The first kappa shape index (κ1) is 20.4. The van der Waals surface area contributed by atoms with E-state index < -0.39 is 36.5 Å². The second kappa shape index (κ2) is 8.63. The average molecular weight is 384 g/mol. The number of carbonyl (C=O) groups excluding carboxylic acids is 1. The summed E-state index contributed by atoms with van der Waals surface area (Å²) in [5, 5.41) is 37.4. The molecule has 0 saturated carbocycles. The van der Waals surface area contributed by atoms with Gasteiger partial charge in [0.2, 0.25) is 5.91 Å². The third-order valence-electron chi connectivity index (χ3n) is 4.08. The van der Waals surface area contributed by atoms with E-state index in [1.165, 1.54) is 17.0 Å². The van der Waals surface area contributed by atoms with E-state index in [0.29, 0.717) is 0 Å². The number of aryl methyl sites for hydroxylation is 1. The van der Waals surface area contributed by atoms with Gasteiger partial charge in [-0.15, -0.1) is 0 Å². The fourth-order valence-electron chi connectivity index (χ4n) is 2.59. The number of amides is 1. The zero-order chi connectivity index (χ0) is 19.4. The first-order valence-electron chi connectivity index (χ1n) is 8.00. The van der Waals surface area contributed by atoms with Gasteiger partial charge in [0.25, 0.3) is 0 Å². The Labute approximate surface area is 155 Å². The minimum Gasteiger partial charge on any atom is -0.507 e. The number of aromatic carboxylic acids is 1. The molecule has 0 radical (unpaired) electrons. The minimum absolute atomic E-state index is 0.0149. The van der Waals surface area contributed by atoms with Crippen LogP contribution in [0.1, 0.15) is 15.9 Å². The van der Waals surface area contributed by atoms with Crippen LogP contribution in [0.2, 0.25) is 6.32 Å². The summed E-state index contributed by atoms with van der Waals surface area (Å²) in [5.41, 5.74) is 5.49. The molecular formula is C15H21BN2O7S. The number of carbonyl (C=O) groups is 2. The topological polar surface area (TPSA) is 154 Å². The Morgan fingerprint density at radius 3 is 2.58 bits per heavy atom. The summed E-state index contributed by atoms with van der Waals surface area (Å²) >= 11 is 3.97. The molecule has 11 heteroatoms. The Hall–Kier alpha value is -1.95. The number of hydrogen-bond acceptors (Lipinski definition) is 8. The molecule has 0 spiro atoms. The van der Waals surface area contributed by atoms with Crippen LogP contribution >= 0.6 is 12.6 Å². The van der Waals surface area contributed by atoms with Crippen molar-refractivity contribution < 1.29 is 34.6 Å². The Morgan fingerprint density at radius 2 is 2.04 bits per heavy atom. The molecule has 26 heavy (non-hydrogen) atoms. The van der Waals surface area contributed by atoms with E-state index in [1.807, 2.05) is 0 Å². The molecule has 0 aromatic heterocycles. The van der Waals surface area contributed by atoms with Crippen LogP contribution in [0.4, 0.5) is 0 Å². The fraction of sp³-hybridized carbons (Fsp3) is 0.467. The van der Waals surface area contributed by atoms with Crippen molar-refractivity contribution in [2.45, 2.75) is 24.9 Å². The molecule has 1 aromatic carbocycles. The van der Waals surface area contributed by atoms with Gasteiger partial charge in [-0.25, -0.2) is 4.79 Å². The summed E-state index contributed by atoms with van der Waals surface area (Å²) in [7, 11) is -1.55. The summed E-state index contributed by atoms with van der Waals surface area (Å²) in [6, 6.07) is 2.18. The van der Waals surface area contributed by atoms with E-state index in [2.05, 4.69) is 12.6 Å². The largest absolute Gasteiger partial charge is 0.507 e. The molecule has 6 N–H and O–H groups in total. The number of benzene rings is 1. The molecule has 9 nitrogen and oxygen atoms in total. The van der Waals surface area contributed by atoms with E-state index in [1.54, 1.807) is 0 Å². The van der Waals surface area contributed by atoms with Crippen molar-refractivity contribution in [2.75, 3.05) is 18.8 Å². The predicted molar refractivity (Wildman–Crippen MR) is 96.6 cm³/mol. The number of thiol groups is 1. The second-order valence-corrected chi connectivity index (χ2v) is 6.41. The molecular weight excluding hydrogens is 363 g/mol. The van der Waals surface area contributed by atoms with Gasteiger partial charge in [0.1, 0.15) is 23.2 Å². The number of nitrogens with two attached hydrogens (primary N) is 1.